The lowest BCUT2D eigenvalue weighted by molar-refractivity contribution is -0.114. The molecule has 1 aliphatic rings. The SMILES string of the molecule is C=CC(=O)Cc1cc2c(Nc3cccc(Cl)c3F)ncnc2cc1C#CC1(C)CN(C)CC1(F)F. The molecule has 1 atom stereocenters. The van der Waals surface area contributed by atoms with Crippen molar-refractivity contribution < 1.29 is 18.0 Å². The Morgan fingerprint density at radius 2 is 2.09 bits per heavy atom. The first-order chi connectivity index (χ1) is 16.5. The monoisotopic (exact) mass is 498 g/mol. The first-order valence-corrected chi connectivity index (χ1v) is 11.1. The number of likely N-dealkylation sites (tertiary alicyclic amines) is 1. The number of hydrogen-bond acceptors (Lipinski definition) is 5. The molecule has 0 spiro atoms. The van der Waals surface area contributed by atoms with Crippen molar-refractivity contribution in [3.8, 4) is 11.8 Å². The molecule has 180 valence electrons. The van der Waals surface area contributed by atoms with Crippen molar-refractivity contribution >= 4 is 39.8 Å². The van der Waals surface area contributed by atoms with E-state index in [-0.39, 0.29) is 36.0 Å². The van der Waals surface area contributed by atoms with Gasteiger partial charge in [0.2, 0.25) is 0 Å². The molecule has 1 saturated heterocycles. The van der Waals surface area contributed by atoms with Gasteiger partial charge >= 0.3 is 0 Å². The van der Waals surface area contributed by atoms with Crippen LogP contribution in [0.15, 0.2) is 49.3 Å². The van der Waals surface area contributed by atoms with E-state index in [1.54, 1.807) is 25.2 Å². The molecule has 2 heterocycles. The van der Waals surface area contributed by atoms with E-state index in [9.17, 15) is 18.0 Å². The quantitative estimate of drug-likeness (QED) is 0.377. The van der Waals surface area contributed by atoms with Gasteiger partial charge in [-0.3, -0.25) is 9.69 Å². The maximum atomic E-state index is 14.6. The second kappa shape index (κ2) is 9.33. The largest absolute Gasteiger partial charge is 0.337 e. The molecule has 1 aromatic heterocycles. The third-order valence-corrected chi connectivity index (χ3v) is 6.28. The molecule has 1 fully saturated rings. The van der Waals surface area contributed by atoms with Crippen LogP contribution in [0.3, 0.4) is 0 Å². The Bertz CT molecular complexity index is 1400. The van der Waals surface area contributed by atoms with Gasteiger partial charge in [0.25, 0.3) is 5.92 Å². The molecular weight excluding hydrogens is 477 g/mol. The summed E-state index contributed by atoms with van der Waals surface area (Å²) >= 11 is 5.88. The summed E-state index contributed by atoms with van der Waals surface area (Å²) in [5.41, 5.74) is -0.0793. The summed E-state index contributed by atoms with van der Waals surface area (Å²) in [6.07, 6.45) is 2.43. The van der Waals surface area contributed by atoms with E-state index < -0.39 is 17.2 Å². The minimum atomic E-state index is -2.98. The van der Waals surface area contributed by atoms with Gasteiger partial charge in [0.05, 0.1) is 22.8 Å². The molecule has 1 unspecified atom stereocenters. The Kier molecular flexibility index (Phi) is 6.58. The molecule has 0 amide bonds. The number of benzene rings is 2. The number of allylic oxidation sites excluding steroid dienone is 1. The van der Waals surface area contributed by atoms with E-state index in [1.165, 1.54) is 36.4 Å². The maximum Gasteiger partial charge on any atom is 0.277 e. The Morgan fingerprint density at radius 1 is 1.31 bits per heavy atom. The first kappa shape index (κ1) is 24.7. The third kappa shape index (κ3) is 4.88. The number of halogens is 4. The molecule has 0 radical (unpaired) electrons. The number of nitrogens with zero attached hydrogens (tertiary/aromatic N) is 3. The summed E-state index contributed by atoms with van der Waals surface area (Å²) in [4.78, 5) is 22.2. The zero-order chi connectivity index (χ0) is 25.4. The fourth-order valence-corrected chi connectivity index (χ4v) is 4.23. The van der Waals surface area contributed by atoms with Gasteiger partial charge in [-0.15, -0.1) is 0 Å². The number of nitrogens with one attached hydrogen (secondary N) is 1. The van der Waals surface area contributed by atoms with Crippen LogP contribution < -0.4 is 5.32 Å². The zero-order valence-corrected chi connectivity index (χ0v) is 19.9. The average molecular weight is 499 g/mol. The summed E-state index contributed by atoms with van der Waals surface area (Å²) in [6, 6.07) is 7.81. The van der Waals surface area contributed by atoms with Crippen LogP contribution in [0.4, 0.5) is 24.7 Å². The van der Waals surface area contributed by atoms with E-state index >= 15 is 0 Å². The smallest absolute Gasteiger partial charge is 0.277 e. The van der Waals surface area contributed by atoms with Crippen molar-refractivity contribution in [2.45, 2.75) is 19.3 Å². The van der Waals surface area contributed by atoms with Crippen molar-refractivity contribution in [2.24, 2.45) is 5.41 Å². The molecule has 2 aromatic carbocycles. The van der Waals surface area contributed by atoms with Gasteiger partial charge in [0.1, 0.15) is 17.6 Å². The summed E-state index contributed by atoms with van der Waals surface area (Å²) < 4.78 is 43.7. The van der Waals surface area contributed by atoms with Crippen molar-refractivity contribution in [3.05, 3.63) is 71.3 Å². The normalized spacial score (nSPS) is 19.3. The van der Waals surface area contributed by atoms with Gasteiger partial charge in [0.15, 0.2) is 11.6 Å². The van der Waals surface area contributed by atoms with Crippen LogP contribution in [0, 0.1) is 23.1 Å². The van der Waals surface area contributed by atoms with Gasteiger partial charge in [-0.05, 0) is 49.9 Å². The molecule has 3 aromatic rings. The predicted octanol–water partition coefficient (Wildman–Crippen LogP) is 5.40. The van der Waals surface area contributed by atoms with E-state index in [0.717, 1.165) is 0 Å². The highest BCUT2D eigenvalue weighted by atomic mass is 35.5. The molecular formula is C26H22ClF3N4O. The molecule has 5 nitrogen and oxygen atoms in total. The summed E-state index contributed by atoms with van der Waals surface area (Å²) in [5.74, 6) is 2.04. The van der Waals surface area contributed by atoms with Crippen LogP contribution in [0.5, 0.6) is 0 Å². The standard InChI is InChI=1S/C26H22ClF3N4O/c1-4-18(35)10-17-11-19-22(12-16(17)8-9-25(2)13-34(3)14-26(25,29)30)31-15-32-24(19)33-21-7-5-6-20(27)23(21)28/h4-7,11-12,15H,1,10,13-14H2,2-3H3,(H,31,32,33). The summed E-state index contributed by atoms with van der Waals surface area (Å²) in [5, 5.41) is 3.36. The van der Waals surface area contributed by atoms with Crippen molar-refractivity contribution in [1.82, 2.24) is 14.9 Å². The number of ketones is 1. The fraction of sp³-hybridized carbons (Fsp3) is 0.269. The van der Waals surface area contributed by atoms with Crippen LogP contribution in [-0.2, 0) is 11.2 Å². The molecule has 0 saturated carbocycles. The van der Waals surface area contributed by atoms with Gasteiger partial charge in [-0.2, -0.15) is 0 Å². The number of aromatic nitrogens is 2. The van der Waals surface area contributed by atoms with E-state index in [1.807, 2.05) is 0 Å². The molecule has 35 heavy (non-hydrogen) atoms. The lowest BCUT2D eigenvalue weighted by atomic mass is 9.86. The molecule has 9 heteroatoms. The van der Waals surface area contributed by atoms with E-state index in [4.69, 9.17) is 11.6 Å². The van der Waals surface area contributed by atoms with Gasteiger partial charge < -0.3 is 5.32 Å². The van der Waals surface area contributed by atoms with Crippen LogP contribution in [0.25, 0.3) is 10.9 Å². The number of anilines is 2. The number of alkyl halides is 2. The Hall–Kier alpha value is -3.41. The topological polar surface area (TPSA) is 58.1 Å². The minimum absolute atomic E-state index is 0.0453. The van der Waals surface area contributed by atoms with Crippen LogP contribution in [0.1, 0.15) is 18.1 Å². The molecule has 4 rings (SSSR count). The number of rotatable bonds is 5. The highest BCUT2D eigenvalue weighted by molar-refractivity contribution is 6.31. The number of carbonyl (C=O) groups is 1. The second-order valence-electron chi connectivity index (χ2n) is 8.78. The molecule has 1 aliphatic heterocycles. The van der Waals surface area contributed by atoms with Crippen LogP contribution >= 0.6 is 11.6 Å². The predicted molar refractivity (Wildman–Crippen MR) is 131 cm³/mol. The molecule has 0 bridgehead atoms. The average Bonchev–Trinajstić information content (AvgIpc) is 3.01. The van der Waals surface area contributed by atoms with Gasteiger partial charge in [-0.1, -0.05) is 36.1 Å². The fourth-order valence-electron chi connectivity index (χ4n) is 4.06. The van der Waals surface area contributed by atoms with Crippen molar-refractivity contribution in [2.75, 3.05) is 25.5 Å². The number of fused-ring (bicyclic) bond motifs is 1. The summed E-state index contributed by atoms with van der Waals surface area (Å²) in [7, 11) is 1.62. The summed E-state index contributed by atoms with van der Waals surface area (Å²) in [6.45, 7) is 4.68. The van der Waals surface area contributed by atoms with Crippen LogP contribution in [-0.4, -0.2) is 46.7 Å². The molecule has 0 aliphatic carbocycles. The van der Waals surface area contributed by atoms with Gasteiger partial charge in [-0.25, -0.2) is 23.1 Å². The van der Waals surface area contributed by atoms with E-state index in [0.29, 0.717) is 27.8 Å². The molecule has 1 N–H and O–H groups in total. The maximum absolute atomic E-state index is 14.6. The second-order valence-corrected chi connectivity index (χ2v) is 9.19. The number of carbonyl (C=O) groups excluding carboxylic acids is 1. The highest BCUT2D eigenvalue weighted by Crippen LogP contribution is 2.42. The lowest BCUT2D eigenvalue weighted by Gasteiger charge is -2.23. The van der Waals surface area contributed by atoms with Gasteiger partial charge in [0, 0.05) is 23.9 Å². The third-order valence-electron chi connectivity index (χ3n) is 5.99. The van der Waals surface area contributed by atoms with Crippen molar-refractivity contribution in [1.29, 1.82) is 0 Å². The van der Waals surface area contributed by atoms with E-state index in [2.05, 4.69) is 33.7 Å². The minimum Gasteiger partial charge on any atom is -0.337 e. The Morgan fingerprint density at radius 3 is 2.77 bits per heavy atom. The zero-order valence-electron chi connectivity index (χ0n) is 19.1. The van der Waals surface area contributed by atoms with Crippen molar-refractivity contribution in [3.63, 3.8) is 0 Å². The number of hydrogen-bond donors (Lipinski definition) is 1. The lowest BCUT2D eigenvalue weighted by Crippen LogP contribution is -2.36. The van der Waals surface area contributed by atoms with Crippen LogP contribution in [0.2, 0.25) is 5.02 Å². The Labute approximate surface area is 206 Å². The Balaban J connectivity index is 1.82. The first-order valence-electron chi connectivity index (χ1n) is 10.8. The highest BCUT2D eigenvalue weighted by Gasteiger charge is 2.55.